The highest BCUT2D eigenvalue weighted by atomic mass is 32.2. The largest absolute Gasteiger partial charge is 0.349 e. The molecule has 1 amide bonds. The van der Waals surface area contributed by atoms with Gasteiger partial charge in [-0.05, 0) is 56.1 Å². The van der Waals surface area contributed by atoms with E-state index in [4.69, 9.17) is 0 Å². The van der Waals surface area contributed by atoms with E-state index < -0.39 is 14.9 Å². The zero-order valence-electron chi connectivity index (χ0n) is 18.0. The Bertz CT molecular complexity index is 1050. The number of hydrogen-bond acceptors (Lipinski definition) is 6. The Balaban J connectivity index is 1.57. The zero-order valence-corrected chi connectivity index (χ0v) is 18.8. The van der Waals surface area contributed by atoms with Crippen LogP contribution in [0.2, 0.25) is 0 Å². The number of rotatable bonds is 9. The number of piperidine rings is 1. The Morgan fingerprint density at radius 1 is 1.16 bits per heavy atom. The Hall–Kier alpha value is -2.98. The smallest absolute Gasteiger partial charge is 0.270 e. The van der Waals surface area contributed by atoms with Crippen molar-refractivity contribution in [3.63, 3.8) is 0 Å². The highest BCUT2D eigenvalue weighted by molar-refractivity contribution is 7.92. The molecule has 2 N–H and O–H groups in total. The molecule has 1 saturated heterocycles. The number of unbranched alkanes of at least 4 members (excludes halogenated alkanes) is 1. The average molecular weight is 461 g/mol. The Morgan fingerprint density at radius 3 is 2.47 bits per heavy atom. The van der Waals surface area contributed by atoms with Gasteiger partial charge in [0.1, 0.15) is 0 Å². The lowest BCUT2D eigenvalue weighted by Crippen LogP contribution is -2.44. The van der Waals surface area contributed by atoms with Gasteiger partial charge in [0.25, 0.3) is 21.6 Å². The number of anilines is 1. The van der Waals surface area contributed by atoms with E-state index in [-0.39, 0.29) is 28.2 Å². The quantitative estimate of drug-likeness (QED) is 0.437. The molecule has 10 heteroatoms. The highest BCUT2D eigenvalue weighted by Crippen LogP contribution is 2.21. The lowest BCUT2D eigenvalue weighted by Gasteiger charge is -2.32. The van der Waals surface area contributed by atoms with Gasteiger partial charge in [0.15, 0.2) is 0 Å². The fraction of sp³-hybridized carbons (Fsp3) is 0.409. The monoisotopic (exact) mass is 460 g/mol. The van der Waals surface area contributed by atoms with Gasteiger partial charge in [0.05, 0.1) is 9.82 Å². The number of benzene rings is 2. The van der Waals surface area contributed by atoms with Gasteiger partial charge in [-0.3, -0.25) is 19.6 Å². The number of carbonyl (C=O) groups excluding carboxylic acids is 1. The lowest BCUT2D eigenvalue weighted by molar-refractivity contribution is -0.385. The summed E-state index contributed by atoms with van der Waals surface area (Å²) in [6.07, 6.45) is 4.19. The molecule has 32 heavy (non-hydrogen) atoms. The maximum absolute atomic E-state index is 12.6. The van der Waals surface area contributed by atoms with Gasteiger partial charge < -0.3 is 10.2 Å². The SMILES string of the molecule is CCCCN1CCC(NC(=O)c2ccc(NS(=O)(=O)c3cccc([N+](=O)[O-])c3)cc2)CC1. The third kappa shape index (κ3) is 6.27. The van der Waals surface area contributed by atoms with Gasteiger partial charge in [-0.25, -0.2) is 8.42 Å². The van der Waals surface area contributed by atoms with Crippen molar-refractivity contribution in [3.8, 4) is 0 Å². The summed E-state index contributed by atoms with van der Waals surface area (Å²) in [6.45, 7) is 5.23. The number of nitro benzene ring substituents is 1. The molecule has 1 aliphatic heterocycles. The third-order valence-corrected chi connectivity index (χ3v) is 6.87. The summed E-state index contributed by atoms with van der Waals surface area (Å²) in [4.78, 5) is 25.0. The first-order valence-corrected chi connectivity index (χ1v) is 12.2. The van der Waals surface area contributed by atoms with E-state index in [1.54, 1.807) is 12.1 Å². The number of non-ortho nitro benzene ring substituents is 1. The predicted molar refractivity (Wildman–Crippen MR) is 122 cm³/mol. The van der Waals surface area contributed by atoms with Crippen LogP contribution in [0.15, 0.2) is 53.4 Å². The van der Waals surface area contributed by atoms with E-state index >= 15 is 0 Å². The van der Waals surface area contributed by atoms with Gasteiger partial charge in [-0.2, -0.15) is 0 Å². The number of sulfonamides is 1. The summed E-state index contributed by atoms with van der Waals surface area (Å²) in [5.74, 6) is -0.190. The van der Waals surface area contributed by atoms with E-state index in [0.717, 1.165) is 38.5 Å². The molecule has 172 valence electrons. The minimum absolute atomic E-state index is 0.132. The molecule has 1 aliphatic rings. The van der Waals surface area contributed by atoms with Crippen molar-refractivity contribution in [2.75, 3.05) is 24.4 Å². The van der Waals surface area contributed by atoms with Crippen LogP contribution in [-0.4, -0.2) is 49.8 Å². The zero-order chi connectivity index (χ0) is 23.1. The highest BCUT2D eigenvalue weighted by Gasteiger charge is 2.21. The second kappa shape index (κ2) is 10.6. The first-order chi connectivity index (χ1) is 15.3. The van der Waals surface area contributed by atoms with E-state index in [1.165, 1.54) is 43.2 Å². The fourth-order valence-electron chi connectivity index (χ4n) is 3.62. The third-order valence-electron chi connectivity index (χ3n) is 5.49. The minimum atomic E-state index is -4.00. The van der Waals surface area contributed by atoms with Crippen LogP contribution in [0.3, 0.4) is 0 Å². The van der Waals surface area contributed by atoms with Crippen LogP contribution in [0.4, 0.5) is 11.4 Å². The van der Waals surface area contributed by atoms with Gasteiger partial charge in [0.2, 0.25) is 0 Å². The number of nitrogens with one attached hydrogen (secondary N) is 2. The summed E-state index contributed by atoms with van der Waals surface area (Å²) in [5, 5.41) is 13.9. The van der Waals surface area contributed by atoms with Crippen LogP contribution < -0.4 is 10.0 Å². The van der Waals surface area contributed by atoms with E-state index in [0.29, 0.717) is 5.56 Å². The molecule has 2 aromatic carbocycles. The van der Waals surface area contributed by atoms with Gasteiger partial charge >= 0.3 is 0 Å². The molecular weight excluding hydrogens is 432 g/mol. The molecular formula is C22H28N4O5S. The number of nitrogens with zero attached hydrogens (tertiary/aromatic N) is 2. The molecule has 1 heterocycles. The van der Waals surface area contributed by atoms with Crippen molar-refractivity contribution < 1.29 is 18.1 Å². The normalized spacial score (nSPS) is 15.3. The molecule has 3 rings (SSSR count). The minimum Gasteiger partial charge on any atom is -0.349 e. The second-order valence-corrected chi connectivity index (χ2v) is 9.56. The van der Waals surface area contributed by atoms with Crippen molar-refractivity contribution in [3.05, 3.63) is 64.2 Å². The van der Waals surface area contributed by atoms with Crippen molar-refractivity contribution in [2.45, 2.75) is 43.5 Å². The van der Waals surface area contributed by atoms with Gasteiger partial charge in [-0.1, -0.05) is 19.4 Å². The summed E-state index contributed by atoms with van der Waals surface area (Å²) >= 11 is 0. The summed E-state index contributed by atoms with van der Waals surface area (Å²) in [7, 11) is -4.00. The number of carbonyl (C=O) groups is 1. The molecule has 9 nitrogen and oxygen atoms in total. The Labute approximate surface area is 188 Å². The molecule has 0 spiro atoms. The number of amides is 1. The maximum Gasteiger partial charge on any atom is 0.270 e. The summed E-state index contributed by atoms with van der Waals surface area (Å²) in [5.41, 5.74) is 0.394. The first kappa shape index (κ1) is 23.7. The molecule has 0 aliphatic carbocycles. The van der Waals surface area contributed by atoms with E-state index in [9.17, 15) is 23.3 Å². The molecule has 0 atom stereocenters. The van der Waals surface area contributed by atoms with Crippen LogP contribution in [0.1, 0.15) is 43.0 Å². The van der Waals surface area contributed by atoms with Crippen LogP contribution in [-0.2, 0) is 10.0 Å². The Morgan fingerprint density at radius 2 is 1.84 bits per heavy atom. The molecule has 0 saturated carbocycles. The maximum atomic E-state index is 12.6. The molecule has 0 aromatic heterocycles. The van der Waals surface area contributed by atoms with Crippen molar-refractivity contribution in [2.24, 2.45) is 0 Å². The number of nitro groups is 1. The first-order valence-electron chi connectivity index (χ1n) is 10.7. The molecule has 0 unspecified atom stereocenters. The van der Waals surface area contributed by atoms with E-state index in [1.807, 2.05) is 0 Å². The van der Waals surface area contributed by atoms with Crippen LogP contribution in [0, 0.1) is 10.1 Å². The standard InChI is InChI=1S/C22H28N4O5S/c1-2-3-13-25-14-11-18(12-15-25)23-22(27)17-7-9-19(10-8-17)24-32(30,31)21-6-4-5-20(16-21)26(28)29/h4-10,16,18,24H,2-3,11-15H2,1H3,(H,23,27). The lowest BCUT2D eigenvalue weighted by atomic mass is 10.0. The van der Waals surface area contributed by atoms with Crippen LogP contribution >= 0.6 is 0 Å². The molecule has 1 fully saturated rings. The fourth-order valence-corrected chi connectivity index (χ4v) is 4.72. The van der Waals surface area contributed by atoms with Gasteiger partial charge in [0, 0.05) is 42.5 Å². The predicted octanol–water partition coefficient (Wildman–Crippen LogP) is 3.39. The van der Waals surface area contributed by atoms with Crippen molar-refractivity contribution in [1.29, 1.82) is 0 Å². The van der Waals surface area contributed by atoms with Crippen molar-refractivity contribution in [1.82, 2.24) is 10.2 Å². The summed E-state index contributed by atoms with van der Waals surface area (Å²) in [6, 6.07) is 11.0. The topological polar surface area (TPSA) is 122 Å². The summed E-state index contributed by atoms with van der Waals surface area (Å²) < 4.78 is 27.4. The molecule has 0 bridgehead atoms. The van der Waals surface area contributed by atoms with Crippen LogP contribution in [0.5, 0.6) is 0 Å². The molecule has 2 aromatic rings. The van der Waals surface area contributed by atoms with E-state index in [2.05, 4.69) is 21.9 Å². The number of likely N-dealkylation sites (tertiary alicyclic amines) is 1. The molecule has 0 radical (unpaired) electrons. The second-order valence-electron chi connectivity index (χ2n) is 7.88. The van der Waals surface area contributed by atoms with Crippen molar-refractivity contribution >= 4 is 27.3 Å². The number of hydrogen-bond donors (Lipinski definition) is 2. The van der Waals surface area contributed by atoms with Gasteiger partial charge in [-0.15, -0.1) is 0 Å². The average Bonchev–Trinajstić information content (AvgIpc) is 2.79. The van der Waals surface area contributed by atoms with Crippen LogP contribution in [0.25, 0.3) is 0 Å². The Kier molecular flexibility index (Phi) is 7.81.